The molecule has 0 aromatic heterocycles. The van der Waals surface area contributed by atoms with Crippen LogP contribution in [0.1, 0.15) is 23.2 Å². The quantitative estimate of drug-likeness (QED) is 0.812. The Labute approximate surface area is 110 Å². The van der Waals surface area contributed by atoms with Gasteiger partial charge in [-0.1, -0.05) is 11.6 Å². The zero-order valence-corrected chi connectivity index (χ0v) is 11.0. The van der Waals surface area contributed by atoms with Crippen molar-refractivity contribution in [1.82, 2.24) is 5.32 Å². The molecule has 92 valence electrons. The number of benzene rings is 1. The highest BCUT2D eigenvalue weighted by Crippen LogP contribution is 2.20. The predicted octanol–water partition coefficient (Wildman–Crippen LogP) is 2.55. The molecular formula is C12H15ClN2OS. The van der Waals surface area contributed by atoms with Crippen LogP contribution >= 0.6 is 23.4 Å². The normalized spacial score (nSPS) is 19.9. The summed E-state index contributed by atoms with van der Waals surface area (Å²) in [5, 5.41) is 3.53. The number of rotatable bonds is 2. The fourth-order valence-electron chi connectivity index (χ4n) is 1.84. The van der Waals surface area contributed by atoms with Crippen LogP contribution < -0.4 is 11.1 Å². The van der Waals surface area contributed by atoms with Crippen LogP contribution in [0.15, 0.2) is 18.2 Å². The number of carbonyl (C=O) groups is 1. The van der Waals surface area contributed by atoms with Crippen molar-refractivity contribution in [1.29, 1.82) is 0 Å². The van der Waals surface area contributed by atoms with Crippen molar-refractivity contribution in [3.8, 4) is 0 Å². The second kappa shape index (κ2) is 5.65. The predicted molar refractivity (Wildman–Crippen MR) is 73.7 cm³/mol. The number of amides is 1. The van der Waals surface area contributed by atoms with Crippen molar-refractivity contribution in [3.63, 3.8) is 0 Å². The molecular weight excluding hydrogens is 256 g/mol. The van der Waals surface area contributed by atoms with Gasteiger partial charge in [0.2, 0.25) is 0 Å². The lowest BCUT2D eigenvalue weighted by atomic mass is 10.1. The van der Waals surface area contributed by atoms with Crippen molar-refractivity contribution in [2.45, 2.75) is 18.9 Å². The lowest BCUT2D eigenvalue weighted by molar-refractivity contribution is 0.0939. The van der Waals surface area contributed by atoms with Crippen LogP contribution in [0.25, 0.3) is 0 Å². The van der Waals surface area contributed by atoms with E-state index in [0.29, 0.717) is 16.3 Å². The van der Waals surface area contributed by atoms with Crippen molar-refractivity contribution in [2.75, 3.05) is 17.2 Å². The highest BCUT2D eigenvalue weighted by atomic mass is 35.5. The van der Waals surface area contributed by atoms with Crippen LogP contribution in [-0.4, -0.2) is 23.5 Å². The first kappa shape index (κ1) is 12.6. The Hall–Kier alpha value is -0.870. The van der Waals surface area contributed by atoms with Crippen LogP contribution in [0, 0.1) is 0 Å². The van der Waals surface area contributed by atoms with E-state index in [1.54, 1.807) is 18.2 Å². The Bertz CT molecular complexity index is 419. The molecule has 5 heteroatoms. The summed E-state index contributed by atoms with van der Waals surface area (Å²) in [7, 11) is 0. The number of anilines is 1. The number of hydrogen-bond acceptors (Lipinski definition) is 3. The SMILES string of the molecule is Nc1ccc(Cl)cc1C(=O)NC1CCCSC1. The van der Waals surface area contributed by atoms with E-state index in [0.717, 1.165) is 18.6 Å². The van der Waals surface area contributed by atoms with Gasteiger partial charge in [0.05, 0.1) is 5.56 Å². The fraction of sp³-hybridized carbons (Fsp3) is 0.417. The third kappa shape index (κ3) is 3.30. The van der Waals surface area contributed by atoms with Crippen LogP contribution in [0.5, 0.6) is 0 Å². The minimum Gasteiger partial charge on any atom is -0.398 e. The fourth-order valence-corrected chi connectivity index (χ4v) is 3.09. The maximum absolute atomic E-state index is 12.0. The first-order chi connectivity index (χ1) is 8.16. The maximum Gasteiger partial charge on any atom is 0.253 e. The molecule has 1 aromatic rings. The molecule has 2 rings (SSSR count). The number of thioether (sulfide) groups is 1. The van der Waals surface area contributed by atoms with E-state index in [9.17, 15) is 4.79 Å². The Morgan fingerprint density at radius 3 is 3.06 bits per heavy atom. The third-order valence-electron chi connectivity index (χ3n) is 2.76. The van der Waals surface area contributed by atoms with Gasteiger partial charge in [-0.2, -0.15) is 11.8 Å². The van der Waals surface area contributed by atoms with Crippen LogP contribution in [0.4, 0.5) is 5.69 Å². The van der Waals surface area contributed by atoms with Crippen molar-refractivity contribution in [2.24, 2.45) is 0 Å². The van der Waals surface area contributed by atoms with E-state index in [2.05, 4.69) is 5.32 Å². The summed E-state index contributed by atoms with van der Waals surface area (Å²) in [6.07, 6.45) is 2.19. The highest BCUT2D eigenvalue weighted by Gasteiger charge is 2.18. The first-order valence-corrected chi connectivity index (χ1v) is 7.14. The second-order valence-electron chi connectivity index (χ2n) is 4.12. The van der Waals surface area contributed by atoms with Crippen molar-refractivity contribution < 1.29 is 4.79 Å². The molecule has 3 N–H and O–H groups in total. The molecule has 1 aromatic carbocycles. The summed E-state index contributed by atoms with van der Waals surface area (Å²) in [4.78, 5) is 12.0. The summed E-state index contributed by atoms with van der Waals surface area (Å²) < 4.78 is 0. The Balaban J connectivity index is 2.05. The van der Waals surface area contributed by atoms with Crippen molar-refractivity contribution >= 4 is 35.0 Å². The molecule has 0 aliphatic carbocycles. The first-order valence-electron chi connectivity index (χ1n) is 5.60. The molecule has 0 saturated carbocycles. The summed E-state index contributed by atoms with van der Waals surface area (Å²) in [5.74, 6) is 2.04. The van der Waals surface area contributed by atoms with E-state index in [1.807, 2.05) is 11.8 Å². The minimum atomic E-state index is -0.127. The number of halogens is 1. The molecule has 0 spiro atoms. The average molecular weight is 271 g/mol. The Morgan fingerprint density at radius 2 is 2.35 bits per heavy atom. The van der Waals surface area contributed by atoms with Gasteiger partial charge in [0.25, 0.3) is 5.91 Å². The molecule has 0 bridgehead atoms. The van der Waals surface area contributed by atoms with Gasteiger partial charge in [-0.05, 0) is 36.8 Å². The van der Waals surface area contributed by atoms with Gasteiger partial charge in [0.15, 0.2) is 0 Å². The molecule has 1 amide bonds. The lowest BCUT2D eigenvalue weighted by Crippen LogP contribution is -2.38. The third-order valence-corrected chi connectivity index (χ3v) is 4.21. The maximum atomic E-state index is 12.0. The minimum absolute atomic E-state index is 0.127. The Morgan fingerprint density at radius 1 is 1.53 bits per heavy atom. The smallest absolute Gasteiger partial charge is 0.253 e. The molecule has 3 nitrogen and oxygen atoms in total. The highest BCUT2D eigenvalue weighted by molar-refractivity contribution is 7.99. The lowest BCUT2D eigenvalue weighted by Gasteiger charge is -2.22. The largest absolute Gasteiger partial charge is 0.398 e. The van der Waals surface area contributed by atoms with Crippen LogP contribution in [0.3, 0.4) is 0 Å². The zero-order valence-electron chi connectivity index (χ0n) is 9.41. The van der Waals surface area contributed by atoms with E-state index in [1.165, 1.54) is 5.75 Å². The van der Waals surface area contributed by atoms with E-state index < -0.39 is 0 Å². The Kier molecular flexibility index (Phi) is 4.18. The van der Waals surface area contributed by atoms with Gasteiger partial charge >= 0.3 is 0 Å². The van der Waals surface area contributed by atoms with Gasteiger partial charge in [0, 0.05) is 22.5 Å². The summed E-state index contributed by atoms with van der Waals surface area (Å²) in [6.45, 7) is 0. The standard InChI is InChI=1S/C12H15ClN2OS/c13-8-3-4-11(14)10(6-8)12(16)15-9-2-1-5-17-7-9/h3-4,6,9H,1-2,5,7,14H2,(H,15,16). The van der Waals surface area contributed by atoms with E-state index in [-0.39, 0.29) is 11.9 Å². The van der Waals surface area contributed by atoms with Crippen LogP contribution in [0.2, 0.25) is 5.02 Å². The van der Waals surface area contributed by atoms with E-state index >= 15 is 0 Å². The second-order valence-corrected chi connectivity index (χ2v) is 5.71. The molecule has 0 radical (unpaired) electrons. The number of nitrogens with one attached hydrogen (secondary N) is 1. The molecule has 1 aliphatic rings. The van der Waals surface area contributed by atoms with Crippen molar-refractivity contribution in [3.05, 3.63) is 28.8 Å². The number of carbonyl (C=O) groups excluding carboxylic acids is 1. The number of nitrogens with two attached hydrogens (primary N) is 1. The van der Waals surface area contributed by atoms with Gasteiger partial charge in [-0.15, -0.1) is 0 Å². The summed E-state index contributed by atoms with van der Waals surface area (Å²) >= 11 is 7.74. The molecule has 1 aliphatic heterocycles. The summed E-state index contributed by atoms with van der Waals surface area (Å²) in [5.41, 5.74) is 6.70. The topological polar surface area (TPSA) is 55.1 Å². The van der Waals surface area contributed by atoms with Gasteiger partial charge < -0.3 is 11.1 Å². The summed E-state index contributed by atoms with van der Waals surface area (Å²) in [6, 6.07) is 5.21. The molecule has 17 heavy (non-hydrogen) atoms. The van der Waals surface area contributed by atoms with E-state index in [4.69, 9.17) is 17.3 Å². The molecule has 1 unspecified atom stereocenters. The monoisotopic (exact) mass is 270 g/mol. The molecule has 1 heterocycles. The zero-order chi connectivity index (χ0) is 12.3. The average Bonchev–Trinajstić information content (AvgIpc) is 2.33. The van der Waals surface area contributed by atoms with Gasteiger partial charge in [-0.25, -0.2) is 0 Å². The van der Waals surface area contributed by atoms with Gasteiger partial charge in [-0.3, -0.25) is 4.79 Å². The van der Waals surface area contributed by atoms with Crippen LogP contribution in [-0.2, 0) is 0 Å². The molecule has 1 fully saturated rings. The number of nitrogen functional groups attached to an aromatic ring is 1. The van der Waals surface area contributed by atoms with Gasteiger partial charge in [0.1, 0.15) is 0 Å². The molecule has 1 atom stereocenters. The number of hydrogen-bond donors (Lipinski definition) is 2. The molecule has 1 saturated heterocycles.